The lowest BCUT2D eigenvalue weighted by Crippen LogP contribution is -2.35. The predicted octanol–water partition coefficient (Wildman–Crippen LogP) is 2.20. The zero-order chi connectivity index (χ0) is 11.1. The van der Waals surface area contributed by atoms with E-state index in [2.05, 4.69) is 36.1 Å². The summed E-state index contributed by atoms with van der Waals surface area (Å²) in [6.07, 6.45) is 3.57. The average Bonchev–Trinajstić information content (AvgIpc) is 2.25. The van der Waals surface area contributed by atoms with Crippen molar-refractivity contribution in [3.8, 4) is 0 Å². The Morgan fingerprint density at radius 1 is 1.33 bits per heavy atom. The van der Waals surface area contributed by atoms with Gasteiger partial charge in [0.25, 0.3) is 0 Å². The van der Waals surface area contributed by atoms with Gasteiger partial charge in [-0.1, -0.05) is 32.5 Å². The van der Waals surface area contributed by atoms with Crippen LogP contribution in [-0.2, 0) is 0 Å². The molecule has 1 atom stereocenters. The topological polar surface area (TPSA) is 37.8 Å². The first-order valence-electron chi connectivity index (χ1n) is 5.37. The molecule has 1 aromatic heterocycles. The maximum absolute atomic E-state index is 4.19. The third kappa shape index (κ3) is 4.62. The van der Waals surface area contributed by atoms with Gasteiger partial charge in [0.05, 0.1) is 0 Å². The van der Waals surface area contributed by atoms with Crippen molar-refractivity contribution in [2.24, 2.45) is 5.92 Å². The summed E-state index contributed by atoms with van der Waals surface area (Å²) in [4.78, 5) is 8.39. The fraction of sp³-hybridized carbons (Fsp3) is 0.636. The molecular weight excluding hydrogens is 206 g/mol. The molecular formula is C11H19N3S. The van der Waals surface area contributed by atoms with Crippen LogP contribution in [0.15, 0.2) is 23.6 Å². The lowest BCUT2D eigenvalue weighted by molar-refractivity contribution is 0.443. The van der Waals surface area contributed by atoms with Gasteiger partial charge in [0.1, 0.15) is 0 Å². The molecule has 4 heteroatoms. The molecule has 3 nitrogen and oxygen atoms in total. The van der Waals surface area contributed by atoms with Crippen molar-refractivity contribution in [1.82, 2.24) is 15.3 Å². The Labute approximate surface area is 96.1 Å². The molecule has 1 aromatic rings. The number of nitrogens with zero attached hydrogens (tertiary/aromatic N) is 2. The van der Waals surface area contributed by atoms with Gasteiger partial charge in [-0.25, -0.2) is 9.97 Å². The van der Waals surface area contributed by atoms with E-state index in [9.17, 15) is 0 Å². The number of rotatable bonds is 6. The van der Waals surface area contributed by atoms with Crippen LogP contribution in [0.3, 0.4) is 0 Å². The molecule has 0 saturated carbocycles. The van der Waals surface area contributed by atoms with Crippen molar-refractivity contribution in [2.45, 2.75) is 32.0 Å². The van der Waals surface area contributed by atoms with Gasteiger partial charge in [-0.05, 0) is 18.5 Å². The van der Waals surface area contributed by atoms with Crippen molar-refractivity contribution >= 4 is 11.8 Å². The third-order valence-corrected chi connectivity index (χ3v) is 3.20. The van der Waals surface area contributed by atoms with E-state index in [1.165, 1.54) is 0 Å². The molecule has 0 aromatic carbocycles. The largest absolute Gasteiger partial charge is 0.313 e. The Balaban J connectivity index is 2.40. The number of aromatic nitrogens is 2. The third-order valence-electron chi connectivity index (χ3n) is 2.21. The molecule has 1 unspecified atom stereocenters. The highest BCUT2D eigenvalue weighted by molar-refractivity contribution is 7.99. The number of nitrogens with one attached hydrogen (secondary N) is 1. The summed E-state index contributed by atoms with van der Waals surface area (Å²) >= 11 is 1.71. The van der Waals surface area contributed by atoms with Gasteiger partial charge >= 0.3 is 0 Å². The zero-order valence-electron chi connectivity index (χ0n) is 9.60. The first kappa shape index (κ1) is 12.5. The summed E-state index contributed by atoms with van der Waals surface area (Å²) in [7, 11) is 0. The maximum Gasteiger partial charge on any atom is 0.187 e. The van der Waals surface area contributed by atoms with E-state index in [4.69, 9.17) is 0 Å². The van der Waals surface area contributed by atoms with E-state index in [1.54, 1.807) is 24.2 Å². The van der Waals surface area contributed by atoms with Gasteiger partial charge in [-0.15, -0.1) is 0 Å². The predicted molar refractivity (Wildman–Crippen MR) is 65.1 cm³/mol. The molecule has 0 saturated heterocycles. The van der Waals surface area contributed by atoms with Crippen LogP contribution >= 0.6 is 11.8 Å². The van der Waals surface area contributed by atoms with Crippen molar-refractivity contribution in [1.29, 1.82) is 0 Å². The van der Waals surface area contributed by atoms with Crippen LogP contribution < -0.4 is 5.32 Å². The van der Waals surface area contributed by atoms with Gasteiger partial charge < -0.3 is 5.32 Å². The number of hydrogen-bond acceptors (Lipinski definition) is 4. The van der Waals surface area contributed by atoms with E-state index >= 15 is 0 Å². The molecule has 1 rings (SSSR count). The van der Waals surface area contributed by atoms with Crippen molar-refractivity contribution in [3.05, 3.63) is 18.5 Å². The van der Waals surface area contributed by atoms with Gasteiger partial charge in [0.15, 0.2) is 5.16 Å². The Bertz CT molecular complexity index is 264. The first-order chi connectivity index (χ1) is 7.24. The van der Waals surface area contributed by atoms with Gasteiger partial charge in [0, 0.05) is 24.2 Å². The molecule has 84 valence electrons. The fourth-order valence-electron chi connectivity index (χ4n) is 1.27. The minimum Gasteiger partial charge on any atom is -0.313 e. The molecule has 0 radical (unpaired) electrons. The Morgan fingerprint density at radius 3 is 2.53 bits per heavy atom. The Morgan fingerprint density at radius 2 is 2.00 bits per heavy atom. The van der Waals surface area contributed by atoms with Crippen molar-refractivity contribution in [2.75, 3.05) is 12.3 Å². The van der Waals surface area contributed by atoms with Crippen molar-refractivity contribution in [3.63, 3.8) is 0 Å². The normalized spacial score (nSPS) is 13.1. The highest BCUT2D eigenvalue weighted by Gasteiger charge is 2.12. The van der Waals surface area contributed by atoms with Crippen LogP contribution in [0.5, 0.6) is 0 Å². The van der Waals surface area contributed by atoms with Crippen LogP contribution in [0.2, 0.25) is 0 Å². The highest BCUT2D eigenvalue weighted by Crippen LogP contribution is 2.15. The monoisotopic (exact) mass is 225 g/mol. The molecule has 0 spiro atoms. The SMILES string of the molecule is CCNC(CSc1ncccn1)C(C)C. The molecule has 0 fully saturated rings. The van der Waals surface area contributed by atoms with Crippen LogP contribution in [0.1, 0.15) is 20.8 Å². The summed E-state index contributed by atoms with van der Waals surface area (Å²) < 4.78 is 0. The van der Waals surface area contributed by atoms with E-state index in [1.807, 2.05) is 6.07 Å². The molecule has 0 bridgehead atoms. The molecule has 0 aliphatic rings. The zero-order valence-corrected chi connectivity index (χ0v) is 10.4. The Hall–Kier alpha value is -0.610. The molecule has 0 aliphatic heterocycles. The molecule has 0 aliphatic carbocycles. The summed E-state index contributed by atoms with van der Waals surface area (Å²) in [6, 6.07) is 2.37. The maximum atomic E-state index is 4.19. The second kappa shape index (κ2) is 6.80. The smallest absolute Gasteiger partial charge is 0.187 e. The van der Waals surface area contributed by atoms with Gasteiger partial charge in [0.2, 0.25) is 0 Å². The standard InChI is InChI=1S/C11H19N3S/c1-4-12-10(9(2)3)8-15-11-13-6-5-7-14-11/h5-7,9-10,12H,4,8H2,1-3H3. The van der Waals surface area contributed by atoms with Crippen molar-refractivity contribution < 1.29 is 0 Å². The van der Waals surface area contributed by atoms with Crippen LogP contribution in [0, 0.1) is 5.92 Å². The van der Waals surface area contributed by atoms with E-state index < -0.39 is 0 Å². The fourth-order valence-corrected chi connectivity index (χ4v) is 2.38. The van der Waals surface area contributed by atoms with Gasteiger partial charge in [-0.2, -0.15) is 0 Å². The molecule has 1 heterocycles. The van der Waals surface area contributed by atoms with Gasteiger partial charge in [-0.3, -0.25) is 0 Å². The van der Waals surface area contributed by atoms with E-state index in [-0.39, 0.29) is 0 Å². The number of hydrogen-bond donors (Lipinski definition) is 1. The second-order valence-corrected chi connectivity index (χ2v) is 4.74. The van der Waals surface area contributed by atoms with E-state index in [0.717, 1.165) is 17.5 Å². The van der Waals surface area contributed by atoms with Crippen LogP contribution in [0.4, 0.5) is 0 Å². The van der Waals surface area contributed by atoms with Crippen LogP contribution in [-0.4, -0.2) is 28.3 Å². The molecule has 0 amide bonds. The quantitative estimate of drug-likeness (QED) is 0.595. The first-order valence-corrected chi connectivity index (χ1v) is 6.35. The Kier molecular flexibility index (Phi) is 5.65. The molecule has 15 heavy (non-hydrogen) atoms. The average molecular weight is 225 g/mol. The lowest BCUT2D eigenvalue weighted by Gasteiger charge is -2.20. The van der Waals surface area contributed by atoms with E-state index in [0.29, 0.717) is 12.0 Å². The second-order valence-electron chi connectivity index (χ2n) is 3.75. The minimum atomic E-state index is 0.531. The summed E-state index contributed by atoms with van der Waals surface area (Å²) in [5.41, 5.74) is 0. The summed E-state index contributed by atoms with van der Waals surface area (Å²) in [6.45, 7) is 7.62. The minimum absolute atomic E-state index is 0.531. The molecule has 1 N–H and O–H groups in total. The number of thioether (sulfide) groups is 1. The summed E-state index contributed by atoms with van der Waals surface area (Å²) in [5, 5.41) is 4.34. The van der Waals surface area contributed by atoms with Crippen LogP contribution in [0.25, 0.3) is 0 Å². The lowest BCUT2D eigenvalue weighted by atomic mass is 10.1. The summed E-state index contributed by atoms with van der Waals surface area (Å²) in [5.74, 6) is 1.66. The highest BCUT2D eigenvalue weighted by atomic mass is 32.2.